The molecule has 0 saturated carbocycles. The first-order chi connectivity index (χ1) is 9.08. The zero-order valence-corrected chi connectivity index (χ0v) is 12.8. The maximum Gasteiger partial charge on any atom is 0.0441 e. The zero-order valence-electron chi connectivity index (χ0n) is 11.2. The molecule has 0 saturated heterocycles. The van der Waals surface area contributed by atoms with E-state index in [1.54, 1.807) is 6.20 Å². The molecule has 0 amide bonds. The summed E-state index contributed by atoms with van der Waals surface area (Å²) in [6, 6.07) is 10.3. The van der Waals surface area contributed by atoms with E-state index in [4.69, 9.17) is 5.73 Å². The lowest BCUT2D eigenvalue weighted by atomic mass is 10.1. The highest BCUT2D eigenvalue weighted by molar-refractivity contribution is 9.10. The fourth-order valence-corrected chi connectivity index (χ4v) is 2.47. The minimum absolute atomic E-state index is 0.00356. The molecule has 0 radical (unpaired) electrons. The molecule has 100 valence electrons. The molecule has 4 heteroatoms. The summed E-state index contributed by atoms with van der Waals surface area (Å²) in [6.45, 7) is 2.82. The van der Waals surface area contributed by atoms with Crippen molar-refractivity contribution in [1.29, 1.82) is 0 Å². The van der Waals surface area contributed by atoms with Gasteiger partial charge >= 0.3 is 0 Å². The lowest BCUT2D eigenvalue weighted by Crippen LogP contribution is -2.20. The molecule has 3 nitrogen and oxygen atoms in total. The van der Waals surface area contributed by atoms with E-state index in [0.29, 0.717) is 0 Å². The van der Waals surface area contributed by atoms with E-state index in [1.165, 1.54) is 5.56 Å². The van der Waals surface area contributed by atoms with Crippen molar-refractivity contribution in [3.63, 3.8) is 0 Å². The highest BCUT2D eigenvalue weighted by Crippen LogP contribution is 2.28. The van der Waals surface area contributed by atoms with Crippen LogP contribution in [0.25, 0.3) is 0 Å². The summed E-state index contributed by atoms with van der Waals surface area (Å²) in [5, 5.41) is 0. The van der Waals surface area contributed by atoms with Gasteiger partial charge < -0.3 is 10.6 Å². The third kappa shape index (κ3) is 3.55. The SMILES string of the molecule is CC(N)c1cc(Br)ccc1N(C)Cc1cccnc1. The molecule has 2 aromatic rings. The largest absolute Gasteiger partial charge is 0.370 e. The lowest BCUT2D eigenvalue weighted by Gasteiger charge is -2.24. The topological polar surface area (TPSA) is 42.1 Å². The van der Waals surface area contributed by atoms with Gasteiger partial charge in [-0.15, -0.1) is 0 Å². The first-order valence-corrected chi connectivity index (χ1v) is 7.02. The fraction of sp³-hybridized carbons (Fsp3) is 0.267. The Bertz CT molecular complexity index is 540. The van der Waals surface area contributed by atoms with Crippen LogP contribution >= 0.6 is 15.9 Å². The second kappa shape index (κ2) is 6.17. The van der Waals surface area contributed by atoms with Gasteiger partial charge in [-0.25, -0.2) is 0 Å². The second-order valence-electron chi connectivity index (χ2n) is 4.71. The molecule has 0 aliphatic heterocycles. The number of nitrogens with zero attached hydrogens (tertiary/aromatic N) is 2. The van der Waals surface area contributed by atoms with E-state index in [0.717, 1.165) is 22.3 Å². The average Bonchev–Trinajstić information content (AvgIpc) is 2.39. The van der Waals surface area contributed by atoms with Gasteiger partial charge in [0.05, 0.1) is 0 Å². The third-order valence-electron chi connectivity index (χ3n) is 3.03. The smallest absolute Gasteiger partial charge is 0.0441 e. The predicted octanol–water partition coefficient (Wildman–Crippen LogP) is 3.50. The van der Waals surface area contributed by atoms with Gasteiger partial charge in [0, 0.05) is 42.2 Å². The molecule has 0 aliphatic rings. The van der Waals surface area contributed by atoms with Crippen LogP contribution in [0.2, 0.25) is 0 Å². The minimum atomic E-state index is 0.00356. The molecule has 1 aromatic heterocycles. The maximum atomic E-state index is 6.05. The van der Waals surface area contributed by atoms with Crippen LogP contribution in [0.3, 0.4) is 0 Å². The molecule has 1 aromatic carbocycles. The summed E-state index contributed by atoms with van der Waals surface area (Å²) in [5.41, 5.74) is 9.53. The quantitative estimate of drug-likeness (QED) is 0.937. The normalized spacial score (nSPS) is 12.2. The van der Waals surface area contributed by atoms with Gasteiger partial charge in [-0.2, -0.15) is 0 Å². The van der Waals surface area contributed by atoms with E-state index in [1.807, 2.05) is 25.3 Å². The molecule has 0 bridgehead atoms. The summed E-state index contributed by atoms with van der Waals surface area (Å²) < 4.78 is 1.05. The Morgan fingerprint density at radius 2 is 2.16 bits per heavy atom. The van der Waals surface area contributed by atoms with Crippen LogP contribution in [0.1, 0.15) is 24.1 Å². The fourth-order valence-electron chi connectivity index (χ4n) is 2.09. The number of hydrogen-bond acceptors (Lipinski definition) is 3. The minimum Gasteiger partial charge on any atom is -0.370 e. The van der Waals surface area contributed by atoms with E-state index in [2.05, 4.69) is 51.1 Å². The first kappa shape index (κ1) is 14.0. The molecule has 0 spiro atoms. The highest BCUT2D eigenvalue weighted by Gasteiger charge is 2.11. The maximum absolute atomic E-state index is 6.05. The summed E-state index contributed by atoms with van der Waals surface area (Å²) in [5.74, 6) is 0. The van der Waals surface area contributed by atoms with Crippen LogP contribution in [0.15, 0.2) is 47.2 Å². The van der Waals surface area contributed by atoms with Gasteiger partial charge in [0.25, 0.3) is 0 Å². The van der Waals surface area contributed by atoms with Crippen LogP contribution < -0.4 is 10.6 Å². The molecule has 19 heavy (non-hydrogen) atoms. The van der Waals surface area contributed by atoms with Crippen molar-refractivity contribution in [1.82, 2.24) is 4.98 Å². The van der Waals surface area contributed by atoms with Crippen molar-refractivity contribution < 1.29 is 0 Å². The monoisotopic (exact) mass is 319 g/mol. The molecular formula is C15H18BrN3. The molecule has 2 rings (SSSR count). The zero-order chi connectivity index (χ0) is 13.8. The Kier molecular flexibility index (Phi) is 4.56. The summed E-state index contributed by atoms with van der Waals surface area (Å²) in [7, 11) is 2.07. The van der Waals surface area contributed by atoms with Crippen molar-refractivity contribution in [2.45, 2.75) is 19.5 Å². The van der Waals surface area contributed by atoms with Crippen LogP contribution in [0.4, 0.5) is 5.69 Å². The number of pyridine rings is 1. The van der Waals surface area contributed by atoms with E-state index < -0.39 is 0 Å². The molecule has 1 unspecified atom stereocenters. The number of hydrogen-bond donors (Lipinski definition) is 1. The molecular weight excluding hydrogens is 302 g/mol. The number of benzene rings is 1. The van der Waals surface area contributed by atoms with Gasteiger partial charge in [-0.3, -0.25) is 4.98 Å². The van der Waals surface area contributed by atoms with E-state index >= 15 is 0 Å². The molecule has 0 fully saturated rings. The van der Waals surface area contributed by atoms with Gasteiger partial charge in [-0.1, -0.05) is 22.0 Å². The summed E-state index contributed by atoms with van der Waals surface area (Å²) >= 11 is 3.50. The number of anilines is 1. The Morgan fingerprint density at radius 1 is 1.37 bits per heavy atom. The Balaban J connectivity index is 2.26. The van der Waals surface area contributed by atoms with Crippen LogP contribution in [0, 0.1) is 0 Å². The van der Waals surface area contributed by atoms with Crippen molar-refractivity contribution in [3.05, 3.63) is 58.3 Å². The lowest BCUT2D eigenvalue weighted by molar-refractivity contribution is 0.800. The van der Waals surface area contributed by atoms with E-state index in [-0.39, 0.29) is 6.04 Å². The van der Waals surface area contributed by atoms with Crippen molar-refractivity contribution >= 4 is 21.6 Å². The Morgan fingerprint density at radius 3 is 2.79 bits per heavy atom. The number of nitrogens with two attached hydrogens (primary N) is 1. The molecule has 0 aliphatic carbocycles. The number of aromatic nitrogens is 1. The van der Waals surface area contributed by atoms with Crippen LogP contribution in [-0.2, 0) is 6.54 Å². The third-order valence-corrected chi connectivity index (χ3v) is 3.53. The first-order valence-electron chi connectivity index (χ1n) is 6.23. The molecule has 1 atom stereocenters. The van der Waals surface area contributed by atoms with Gasteiger partial charge in [0.1, 0.15) is 0 Å². The van der Waals surface area contributed by atoms with Crippen LogP contribution in [-0.4, -0.2) is 12.0 Å². The Labute approximate surface area is 122 Å². The standard InChI is InChI=1S/C15H18BrN3/c1-11(17)14-8-13(16)5-6-15(14)19(2)10-12-4-3-7-18-9-12/h3-9,11H,10,17H2,1-2H3. The number of halogens is 1. The van der Waals surface area contributed by atoms with Crippen molar-refractivity contribution in [3.8, 4) is 0 Å². The van der Waals surface area contributed by atoms with Crippen molar-refractivity contribution in [2.24, 2.45) is 5.73 Å². The molecule has 1 heterocycles. The predicted molar refractivity (Wildman–Crippen MR) is 83.1 cm³/mol. The van der Waals surface area contributed by atoms with Gasteiger partial charge in [-0.05, 0) is 42.3 Å². The average molecular weight is 320 g/mol. The summed E-state index contributed by atoms with van der Waals surface area (Å²) in [4.78, 5) is 6.34. The number of rotatable bonds is 4. The van der Waals surface area contributed by atoms with Crippen molar-refractivity contribution in [2.75, 3.05) is 11.9 Å². The summed E-state index contributed by atoms with van der Waals surface area (Å²) in [6.07, 6.45) is 3.68. The van der Waals surface area contributed by atoms with Gasteiger partial charge in [0.15, 0.2) is 0 Å². The van der Waals surface area contributed by atoms with E-state index in [9.17, 15) is 0 Å². The van der Waals surface area contributed by atoms with Gasteiger partial charge in [0.2, 0.25) is 0 Å². The molecule has 2 N–H and O–H groups in total. The highest BCUT2D eigenvalue weighted by atomic mass is 79.9. The van der Waals surface area contributed by atoms with Crippen LogP contribution in [0.5, 0.6) is 0 Å². The second-order valence-corrected chi connectivity index (χ2v) is 5.62. The Hall–Kier alpha value is -1.39.